The maximum absolute atomic E-state index is 12.1. The van der Waals surface area contributed by atoms with Crippen LogP contribution in [0, 0.1) is 12.8 Å². The Bertz CT molecular complexity index is 719. The molecule has 126 valence electrons. The predicted molar refractivity (Wildman–Crippen MR) is 105 cm³/mol. The van der Waals surface area contributed by atoms with Crippen molar-refractivity contribution in [3.63, 3.8) is 0 Å². The predicted octanol–water partition coefficient (Wildman–Crippen LogP) is 5.30. The van der Waals surface area contributed by atoms with Gasteiger partial charge in [-0.3, -0.25) is 9.59 Å². The van der Waals surface area contributed by atoms with Gasteiger partial charge in [0.25, 0.3) is 5.24 Å². The number of carbonyl (C=O) groups is 2. The average Bonchev–Trinajstić information content (AvgIpc) is 2.54. The Balaban J connectivity index is 1.79. The molecular weight excluding hydrogens is 388 g/mol. The molecule has 0 saturated carbocycles. The number of aryl methyl sites for hydroxylation is 1. The smallest absolute Gasteiger partial charge is 0.283 e. The van der Waals surface area contributed by atoms with Crippen LogP contribution >= 0.6 is 27.7 Å². The normalized spacial score (nSPS) is 11.6. The van der Waals surface area contributed by atoms with Gasteiger partial charge in [0, 0.05) is 27.5 Å². The summed E-state index contributed by atoms with van der Waals surface area (Å²) in [6.07, 6.45) is 0. The van der Waals surface area contributed by atoms with Gasteiger partial charge in [-0.2, -0.15) is 0 Å². The summed E-state index contributed by atoms with van der Waals surface area (Å²) in [5.41, 5.74) is 2.59. The summed E-state index contributed by atoms with van der Waals surface area (Å²) in [6.45, 7) is 3.78. The molecule has 24 heavy (non-hydrogen) atoms. The summed E-state index contributed by atoms with van der Waals surface area (Å²) in [5, 5.41) is 5.50. The van der Waals surface area contributed by atoms with Crippen LogP contribution in [-0.2, 0) is 4.79 Å². The molecule has 0 aromatic heterocycles. The molecule has 0 aliphatic carbocycles. The molecule has 0 fully saturated rings. The molecule has 2 aromatic carbocycles. The van der Waals surface area contributed by atoms with E-state index in [9.17, 15) is 9.59 Å². The topological polar surface area (TPSA) is 58.2 Å². The molecule has 2 rings (SSSR count). The van der Waals surface area contributed by atoms with Crippen molar-refractivity contribution < 1.29 is 9.59 Å². The molecule has 2 N–H and O–H groups in total. The zero-order chi connectivity index (χ0) is 17.5. The number of hydrogen-bond acceptors (Lipinski definition) is 3. The number of benzene rings is 2. The van der Waals surface area contributed by atoms with E-state index in [1.165, 1.54) is 0 Å². The van der Waals surface area contributed by atoms with Crippen molar-refractivity contribution in [1.82, 2.24) is 0 Å². The third-order valence-electron chi connectivity index (χ3n) is 3.29. The molecule has 0 radical (unpaired) electrons. The van der Waals surface area contributed by atoms with E-state index in [4.69, 9.17) is 0 Å². The van der Waals surface area contributed by atoms with Crippen LogP contribution in [-0.4, -0.2) is 16.9 Å². The Hall–Kier alpha value is -1.79. The molecular formula is C18H19BrN2O2S. The van der Waals surface area contributed by atoms with Crippen molar-refractivity contribution >= 4 is 50.2 Å². The minimum Gasteiger partial charge on any atom is -0.326 e. The van der Waals surface area contributed by atoms with Crippen LogP contribution in [0.15, 0.2) is 53.0 Å². The number of amides is 2. The van der Waals surface area contributed by atoms with Gasteiger partial charge in [-0.15, -0.1) is 0 Å². The van der Waals surface area contributed by atoms with Crippen LogP contribution < -0.4 is 10.6 Å². The first-order chi connectivity index (χ1) is 11.4. The number of anilines is 2. The van der Waals surface area contributed by atoms with Crippen molar-refractivity contribution in [2.75, 3.05) is 16.4 Å². The summed E-state index contributed by atoms with van der Waals surface area (Å²) in [6, 6.07) is 15.0. The van der Waals surface area contributed by atoms with Crippen LogP contribution in [0.25, 0.3) is 0 Å². The summed E-state index contributed by atoms with van der Waals surface area (Å²) in [5.74, 6) is 0.0371. The van der Waals surface area contributed by atoms with Gasteiger partial charge in [0.2, 0.25) is 5.91 Å². The first-order valence-electron chi connectivity index (χ1n) is 7.51. The van der Waals surface area contributed by atoms with Gasteiger partial charge in [0.15, 0.2) is 0 Å². The highest BCUT2D eigenvalue weighted by Crippen LogP contribution is 2.18. The van der Waals surface area contributed by atoms with E-state index in [0.717, 1.165) is 33.2 Å². The number of thioether (sulfide) groups is 1. The summed E-state index contributed by atoms with van der Waals surface area (Å²) in [7, 11) is 0. The lowest BCUT2D eigenvalue weighted by molar-refractivity contribution is -0.118. The molecule has 0 saturated heterocycles. The fourth-order valence-electron chi connectivity index (χ4n) is 1.95. The Kier molecular flexibility index (Phi) is 6.87. The molecule has 2 aromatic rings. The van der Waals surface area contributed by atoms with Gasteiger partial charge in [0.1, 0.15) is 0 Å². The lowest BCUT2D eigenvalue weighted by Crippen LogP contribution is -2.23. The van der Waals surface area contributed by atoms with Crippen LogP contribution in [0.2, 0.25) is 0 Å². The molecule has 4 nitrogen and oxygen atoms in total. The Morgan fingerprint density at radius 3 is 2.46 bits per heavy atom. The second kappa shape index (κ2) is 8.89. The van der Waals surface area contributed by atoms with Crippen LogP contribution in [0.5, 0.6) is 0 Å². The SMILES string of the molecule is Cc1cccc(NC(=O)SCC(C)C(=O)Nc2ccc(Br)cc2)c1. The van der Waals surface area contributed by atoms with Gasteiger partial charge in [-0.25, -0.2) is 0 Å². The molecule has 0 spiro atoms. The first-order valence-corrected chi connectivity index (χ1v) is 9.29. The number of rotatable bonds is 5. The van der Waals surface area contributed by atoms with Gasteiger partial charge < -0.3 is 10.6 Å². The second-order valence-electron chi connectivity index (χ2n) is 5.49. The maximum atomic E-state index is 12.1. The summed E-state index contributed by atoms with van der Waals surface area (Å²) >= 11 is 4.46. The van der Waals surface area contributed by atoms with Gasteiger partial charge in [-0.1, -0.05) is 46.7 Å². The Labute approximate surface area is 154 Å². The van der Waals surface area contributed by atoms with E-state index in [-0.39, 0.29) is 17.1 Å². The van der Waals surface area contributed by atoms with Crippen molar-refractivity contribution in [1.29, 1.82) is 0 Å². The molecule has 1 unspecified atom stereocenters. The Morgan fingerprint density at radius 2 is 1.79 bits per heavy atom. The fourth-order valence-corrected chi connectivity index (χ4v) is 2.96. The molecule has 6 heteroatoms. The van der Waals surface area contributed by atoms with Crippen molar-refractivity contribution in [2.24, 2.45) is 5.92 Å². The maximum Gasteiger partial charge on any atom is 0.283 e. The molecule has 0 heterocycles. The number of hydrogen-bond donors (Lipinski definition) is 2. The van der Waals surface area contributed by atoms with Gasteiger partial charge in [-0.05, 0) is 48.9 Å². The van der Waals surface area contributed by atoms with E-state index in [1.54, 1.807) is 6.92 Å². The monoisotopic (exact) mass is 406 g/mol. The van der Waals surface area contributed by atoms with E-state index in [2.05, 4.69) is 26.6 Å². The quantitative estimate of drug-likeness (QED) is 0.708. The highest BCUT2D eigenvalue weighted by molar-refractivity contribution is 9.10. The van der Waals surface area contributed by atoms with Gasteiger partial charge >= 0.3 is 0 Å². The highest BCUT2D eigenvalue weighted by atomic mass is 79.9. The van der Waals surface area contributed by atoms with Crippen molar-refractivity contribution in [2.45, 2.75) is 13.8 Å². The molecule has 0 aliphatic heterocycles. The standard InChI is InChI=1S/C18H19BrN2O2S/c1-12-4-3-5-16(10-12)21-18(23)24-11-13(2)17(22)20-15-8-6-14(19)7-9-15/h3-10,13H,11H2,1-2H3,(H,20,22)(H,21,23). The fraction of sp³-hybridized carbons (Fsp3) is 0.222. The van der Waals surface area contributed by atoms with Crippen molar-refractivity contribution in [3.05, 3.63) is 58.6 Å². The second-order valence-corrected chi connectivity index (χ2v) is 7.40. The minimum absolute atomic E-state index is 0.104. The van der Waals surface area contributed by atoms with Crippen molar-refractivity contribution in [3.8, 4) is 0 Å². The summed E-state index contributed by atoms with van der Waals surface area (Å²) < 4.78 is 0.955. The number of halogens is 1. The average molecular weight is 407 g/mol. The zero-order valence-electron chi connectivity index (χ0n) is 13.5. The van der Waals surface area contributed by atoms with Crippen LogP contribution in [0.4, 0.5) is 16.2 Å². The summed E-state index contributed by atoms with van der Waals surface area (Å²) in [4.78, 5) is 24.1. The lowest BCUT2D eigenvalue weighted by atomic mass is 10.2. The largest absolute Gasteiger partial charge is 0.326 e. The van der Waals surface area contributed by atoms with Crippen LogP contribution in [0.3, 0.4) is 0 Å². The van der Waals surface area contributed by atoms with E-state index < -0.39 is 0 Å². The Morgan fingerprint density at radius 1 is 1.08 bits per heavy atom. The number of carbonyl (C=O) groups excluding carboxylic acids is 2. The van der Waals surface area contributed by atoms with E-state index in [1.807, 2.05) is 55.5 Å². The lowest BCUT2D eigenvalue weighted by Gasteiger charge is -2.12. The minimum atomic E-state index is -0.276. The van der Waals surface area contributed by atoms with E-state index in [0.29, 0.717) is 5.75 Å². The highest BCUT2D eigenvalue weighted by Gasteiger charge is 2.15. The van der Waals surface area contributed by atoms with Gasteiger partial charge in [0.05, 0.1) is 0 Å². The third-order valence-corrected chi connectivity index (χ3v) is 4.85. The molecule has 0 bridgehead atoms. The molecule has 2 amide bonds. The zero-order valence-corrected chi connectivity index (χ0v) is 15.9. The van der Waals surface area contributed by atoms with E-state index >= 15 is 0 Å². The molecule has 0 aliphatic rings. The molecule has 1 atom stereocenters. The third kappa shape index (κ3) is 6.02. The number of nitrogens with one attached hydrogen (secondary N) is 2. The van der Waals surface area contributed by atoms with Crippen LogP contribution in [0.1, 0.15) is 12.5 Å². The first kappa shape index (κ1) is 18.5.